The standard InChI is InChI=1S/C20H20N2O3/c21-13-15-1-7-19(8-2-15)25-14-20(24)22-11-9-17(10-12-22)16-3-5-18(23)6-4-16/h1-8,17,23H,9-12,14H2. The fourth-order valence-electron chi connectivity index (χ4n) is 3.07. The Morgan fingerprint density at radius 3 is 2.36 bits per heavy atom. The number of aromatic hydroxyl groups is 1. The Balaban J connectivity index is 1.48. The molecule has 1 aliphatic heterocycles. The van der Waals surface area contributed by atoms with Crippen LogP contribution in [0.2, 0.25) is 0 Å². The summed E-state index contributed by atoms with van der Waals surface area (Å²) >= 11 is 0. The van der Waals surface area contributed by atoms with Gasteiger partial charge in [0.05, 0.1) is 11.6 Å². The van der Waals surface area contributed by atoms with Crippen LogP contribution in [-0.2, 0) is 4.79 Å². The lowest BCUT2D eigenvalue weighted by atomic mass is 9.89. The predicted molar refractivity (Wildman–Crippen MR) is 93.3 cm³/mol. The quantitative estimate of drug-likeness (QED) is 0.931. The first kappa shape index (κ1) is 16.8. The Morgan fingerprint density at radius 1 is 1.12 bits per heavy atom. The topological polar surface area (TPSA) is 73.6 Å². The summed E-state index contributed by atoms with van der Waals surface area (Å²) in [5, 5.41) is 18.1. The van der Waals surface area contributed by atoms with Gasteiger partial charge in [-0.05, 0) is 60.7 Å². The molecule has 0 unspecified atom stereocenters. The third-order valence-corrected chi connectivity index (χ3v) is 4.56. The Labute approximate surface area is 147 Å². The van der Waals surface area contributed by atoms with Crippen molar-refractivity contribution in [2.45, 2.75) is 18.8 Å². The molecule has 1 N–H and O–H groups in total. The second-order valence-corrected chi connectivity index (χ2v) is 6.17. The van der Waals surface area contributed by atoms with E-state index in [1.807, 2.05) is 23.1 Å². The number of benzene rings is 2. The molecule has 1 saturated heterocycles. The Hall–Kier alpha value is -3.00. The molecule has 128 valence electrons. The zero-order valence-electron chi connectivity index (χ0n) is 13.9. The molecule has 0 spiro atoms. The van der Waals surface area contributed by atoms with Gasteiger partial charge >= 0.3 is 0 Å². The van der Waals surface area contributed by atoms with Crippen LogP contribution in [0.1, 0.15) is 29.9 Å². The zero-order chi connectivity index (χ0) is 17.6. The average Bonchev–Trinajstić information content (AvgIpc) is 2.67. The van der Waals surface area contributed by atoms with Crippen LogP contribution in [0.25, 0.3) is 0 Å². The second kappa shape index (κ2) is 7.71. The van der Waals surface area contributed by atoms with Gasteiger partial charge in [0.2, 0.25) is 0 Å². The largest absolute Gasteiger partial charge is 0.508 e. The molecule has 25 heavy (non-hydrogen) atoms. The molecule has 1 aliphatic rings. The number of carbonyl (C=O) groups excluding carboxylic acids is 1. The Kier molecular flexibility index (Phi) is 5.20. The summed E-state index contributed by atoms with van der Waals surface area (Å²) in [5.74, 6) is 1.26. The number of carbonyl (C=O) groups is 1. The molecular weight excluding hydrogens is 316 g/mol. The molecule has 5 nitrogen and oxygen atoms in total. The van der Waals surface area contributed by atoms with Gasteiger partial charge in [-0.25, -0.2) is 0 Å². The predicted octanol–water partition coefficient (Wildman–Crippen LogP) is 3.05. The van der Waals surface area contributed by atoms with Crippen molar-refractivity contribution in [3.8, 4) is 17.6 Å². The number of phenolic OH excluding ortho intramolecular Hbond substituents is 1. The summed E-state index contributed by atoms with van der Waals surface area (Å²) in [6.45, 7) is 1.43. The number of rotatable bonds is 4. The van der Waals surface area contributed by atoms with Crippen molar-refractivity contribution in [1.29, 1.82) is 5.26 Å². The molecule has 3 rings (SSSR count). The minimum atomic E-state index is -0.0199. The number of piperidine rings is 1. The van der Waals surface area contributed by atoms with Gasteiger partial charge < -0.3 is 14.7 Å². The van der Waals surface area contributed by atoms with Gasteiger partial charge in [0, 0.05) is 13.1 Å². The summed E-state index contributed by atoms with van der Waals surface area (Å²) < 4.78 is 5.52. The summed E-state index contributed by atoms with van der Waals surface area (Å²) in [7, 11) is 0. The highest BCUT2D eigenvalue weighted by molar-refractivity contribution is 5.77. The minimum absolute atomic E-state index is 0.00970. The highest BCUT2D eigenvalue weighted by Gasteiger charge is 2.24. The third-order valence-electron chi connectivity index (χ3n) is 4.56. The first-order chi connectivity index (χ1) is 12.2. The SMILES string of the molecule is N#Cc1ccc(OCC(=O)N2CCC(c3ccc(O)cc3)CC2)cc1. The summed E-state index contributed by atoms with van der Waals surface area (Å²) in [4.78, 5) is 14.1. The molecule has 0 aromatic heterocycles. The monoisotopic (exact) mass is 336 g/mol. The number of likely N-dealkylation sites (tertiary alicyclic amines) is 1. The maximum atomic E-state index is 12.3. The molecular formula is C20H20N2O3. The van der Waals surface area contributed by atoms with Crippen molar-refractivity contribution in [2.24, 2.45) is 0 Å². The number of phenols is 1. The van der Waals surface area contributed by atoms with Crippen molar-refractivity contribution < 1.29 is 14.6 Å². The van der Waals surface area contributed by atoms with E-state index < -0.39 is 0 Å². The van der Waals surface area contributed by atoms with Crippen LogP contribution in [-0.4, -0.2) is 35.6 Å². The second-order valence-electron chi connectivity index (χ2n) is 6.17. The number of amides is 1. The van der Waals surface area contributed by atoms with Crippen LogP contribution >= 0.6 is 0 Å². The van der Waals surface area contributed by atoms with Gasteiger partial charge in [0.15, 0.2) is 6.61 Å². The van der Waals surface area contributed by atoms with Crippen LogP contribution in [0.3, 0.4) is 0 Å². The summed E-state index contributed by atoms with van der Waals surface area (Å²) in [6.07, 6.45) is 1.82. The Morgan fingerprint density at radius 2 is 1.76 bits per heavy atom. The molecule has 0 atom stereocenters. The van der Waals surface area contributed by atoms with E-state index in [4.69, 9.17) is 10.00 Å². The molecule has 2 aromatic carbocycles. The van der Waals surface area contributed by atoms with E-state index in [-0.39, 0.29) is 18.3 Å². The van der Waals surface area contributed by atoms with E-state index in [1.165, 1.54) is 5.56 Å². The minimum Gasteiger partial charge on any atom is -0.508 e. The molecule has 0 radical (unpaired) electrons. The smallest absolute Gasteiger partial charge is 0.260 e. The maximum Gasteiger partial charge on any atom is 0.260 e. The van der Waals surface area contributed by atoms with E-state index in [1.54, 1.807) is 36.4 Å². The maximum absolute atomic E-state index is 12.3. The van der Waals surface area contributed by atoms with E-state index in [9.17, 15) is 9.90 Å². The zero-order valence-corrected chi connectivity index (χ0v) is 13.9. The van der Waals surface area contributed by atoms with Gasteiger partial charge in [-0.3, -0.25) is 4.79 Å². The van der Waals surface area contributed by atoms with Crippen LogP contribution in [0.15, 0.2) is 48.5 Å². The average molecular weight is 336 g/mol. The van der Waals surface area contributed by atoms with E-state index in [2.05, 4.69) is 0 Å². The summed E-state index contributed by atoms with van der Waals surface area (Å²) in [5.41, 5.74) is 1.77. The lowest BCUT2D eigenvalue weighted by Gasteiger charge is -2.32. The Bertz CT molecular complexity index is 755. The first-order valence-corrected chi connectivity index (χ1v) is 8.35. The molecule has 1 fully saturated rings. The molecule has 0 saturated carbocycles. The lowest BCUT2D eigenvalue weighted by molar-refractivity contribution is -0.134. The highest BCUT2D eigenvalue weighted by Crippen LogP contribution is 2.29. The summed E-state index contributed by atoms with van der Waals surface area (Å²) in [6, 6.07) is 16.1. The molecule has 2 aromatic rings. The van der Waals surface area contributed by atoms with Crippen LogP contribution in [0, 0.1) is 11.3 Å². The van der Waals surface area contributed by atoms with Gasteiger partial charge in [-0.1, -0.05) is 12.1 Å². The van der Waals surface area contributed by atoms with E-state index >= 15 is 0 Å². The van der Waals surface area contributed by atoms with Gasteiger partial charge in [-0.15, -0.1) is 0 Å². The van der Waals surface area contributed by atoms with Crippen LogP contribution in [0.4, 0.5) is 0 Å². The van der Waals surface area contributed by atoms with Crippen molar-refractivity contribution in [1.82, 2.24) is 4.90 Å². The number of nitrogens with zero attached hydrogens (tertiary/aromatic N) is 2. The number of ether oxygens (including phenoxy) is 1. The van der Waals surface area contributed by atoms with Gasteiger partial charge in [-0.2, -0.15) is 5.26 Å². The molecule has 0 bridgehead atoms. The normalized spacial score (nSPS) is 14.8. The van der Waals surface area contributed by atoms with E-state index in [0.717, 1.165) is 12.8 Å². The van der Waals surface area contributed by atoms with Crippen molar-refractivity contribution in [2.75, 3.05) is 19.7 Å². The fourth-order valence-corrected chi connectivity index (χ4v) is 3.07. The van der Waals surface area contributed by atoms with Gasteiger partial charge in [0.25, 0.3) is 5.91 Å². The van der Waals surface area contributed by atoms with E-state index in [0.29, 0.717) is 30.3 Å². The van der Waals surface area contributed by atoms with Crippen molar-refractivity contribution >= 4 is 5.91 Å². The van der Waals surface area contributed by atoms with Crippen molar-refractivity contribution in [3.05, 3.63) is 59.7 Å². The number of hydrogen-bond donors (Lipinski definition) is 1. The van der Waals surface area contributed by atoms with Crippen LogP contribution in [0.5, 0.6) is 11.5 Å². The van der Waals surface area contributed by atoms with Gasteiger partial charge in [0.1, 0.15) is 11.5 Å². The molecule has 5 heteroatoms. The number of hydrogen-bond acceptors (Lipinski definition) is 4. The first-order valence-electron chi connectivity index (χ1n) is 8.35. The molecule has 1 heterocycles. The van der Waals surface area contributed by atoms with Crippen LogP contribution < -0.4 is 4.74 Å². The fraction of sp³-hybridized carbons (Fsp3) is 0.300. The van der Waals surface area contributed by atoms with Crippen molar-refractivity contribution in [3.63, 3.8) is 0 Å². The molecule has 1 amide bonds. The highest BCUT2D eigenvalue weighted by atomic mass is 16.5. The number of nitriles is 1. The third kappa shape index (κ3) is 4.30. The lowest BCUT2D eigenvalue weighted by Crippen LogP contribution is -2.40. The molecule has 0 aliphatic carbocycles.